The summed E-state index contributed by atoms with van der Waals surface area (Å²) in [7, 11) is 3.41. The van der Waals surface area contributed by atoms with Gasteiger partial charge in [0.2, 0.25) is 5.91 Å². The Morgan fingerprint density at radius 3 is 2.67 bits per heavy atom. The van der Waals surface area contributed by atoms with Crippen molar-refractivity contribution in [3.63, 3.8) is 0 Å². The largest absolute Gasteiger partial charge is 0.358 e. The molecule has 6 nitrogen and oxygen atoms in total. The molecule has 2 N–H and O–H groups in total. The molecule has 1 aromatic heterocycles. The molecule has 0 unspecified atom stereocenters. The number of benzene rings is 1. The number of carbonyl (C=O) groups is 2. The van der Waals surface area contributed by atoms with Crippen molar-refractivity contribution in [2.45, 2.75) is 0 Å². The van der Waals surface area contributed by atoms with E-state index in [1.54, 1.807) is 7.05 Å². The van der Waals surface area contributed by atoms with Crippen LogP contribution in [0.1, 0.15) is 10.5 Å². The molecule has 2 aromatic rings. The first-order valence-corrected chi connectivity index (χ1v) is 8.59. The van der Waals surface area contributed by atoms with Gasteiger partial charge in [0.25, 0.3) is 5.91 Å². The molecular weight excluding hydrogens is 348 g/mol. The Kier molecular flexibility index (Phi) is 6.72. The van der Waals surface area contributed by atoms with Crippen LogP contribution in [0.15, 0.2) is 30.3 Å². The third-order valence-corrected chi connectivity index (χ3v) is 4.53. The Morgan fingerprint density at radius 1 is 1.29 bits per heavy atom. The monoisotopic (exact) mass is 366 g/mol. The van der Waals surface area contributed by atoms with Crippen molar-refractivity contribution in [1.82, 2.24) is 20.5 Å². The van der Waals surface area contributed by atoms with E-state index in [9.17, 15) is 9.59 Å². The van der Waals surface area contributed by atoms with Crippen LogP contribution in [-0.4, -0.2) is 55.4 Å². The molecule has 24 heavy (non-hydrogen) atoms. The zero-order chi connectivity index (χ0) is 17.5. The van der Waals surface area contributed by atoms with Crippen molar-refractivity contribution >= 4 is 34.8 Å². The maximum atomic E-state index is 12.4. The van der Waals surface area contributed by atoms with Crippen molar-refractivity contribution in [1.29, 1.82) is 0 Å². The lowest BCUT2D eigenvalue weighted by atomic mass is 10.1. The molecule has 0 saturated heterocycles. The number of halogens is 1. The van der Waals surface area contributed by atoms with E-state index in [-0.39, 0.29) is 18.4 Å². The van der Waals surface area contributed by atoms with Crippen LogP contribution in [0.5, 0.6) is 0 Å². The lowest BCUT2D eigenvalue weighted by Crippen LogP contribution is -2.38. The van der Waals surface area contributed by atoms with Crippen LogP contribution < -0.4 is 10.6 Å². The fraction of sp³-hybridized carbons (Fsp3) is 0.312. The van der Waals surface area contributed by atoms with Gasteiger partial charge in [-0.15, -0.1) is 11.3 Å². The lowest BCUT2D eigenvalue weighted by molar-refractivity contribution is -0.121. The van der Waals surface area contributed by atoms with Crippen molar-refractivity contribution in [2.75, 3.05) is 33.7 Å². The Balaban J connectivity index is 1.97. The normalized spacial score (nSPS) is 10.7. The Morgan fingerprint density at radius 2 is 2.00 bits per heavy atom. The molecule has 0 fully saturated rings. The number of likely N-dealkylation sites (N-methyl/N-ethyl adjacent to an activating group) is 2. The summed E-state index contributed by atoms with van der Waals surface area (Å²) in [6.07, 6.45) is 0. The molecule has 0 radical (unpaired) electrons. The predicted molar refractivity (Wildman–Crippen MR) is 96.5 cm³/mol. The number of aromatic nitrogens is 1. The molecule has 2 rings (SSSR count). The summed E-state index contributed by atoms with van der Waals surface area (Å²) in [6.45, 7) is 1.25. The van der Waals surface area contributed by atoms with Crippen LogP contribution in [0.3, 0.4) is 0 Å². The van der Waals surface area contributed by atoms with E-state index >= 15 is 0 Å². The van der Waals surface area contributed by atoms with Crippen LogP contribution in [0, 0.1) is 0 Å². The highest BCUT2D eigenvalue weighted by atomic mass is 35.5. The summed E-state index contributed by atoms with van der Waals surface area (Å²) in [5.41, 5.74) is 1.23. The second-order valence-electron chi connectivity index (χ2n) is 5.18. The Labute approximate surface area is 149 Å². The standard InChI is InChI=1S/C16H19ClN4O2S/c1-18-12(22)10-21(2)9-8-19-15(23)13-14(24-16(17)20-13)11-6-4-3-5-7-11/h3-7H,8-10H2,1-2H3,(H,18,22)(H,19,23). The van der Waals surface area contributed by atoms with E-state index in [1.165, 1.54) is 11.3 Å². The fourth-order valence-corrected chi connectivity index (χ4v) is 3.19. The maximum absolute atomic E-state index is 12.4. The Bertz CT molecular complexity index is 705. The van der Waals surface area contributed by atoms with Gasteiger partial charge in [-0.1, -0.05) is 41.9 Å². The highest BCUT2D eigenvalue weighted by Gasteiger charge is 2.18. The molecule has 1 aromatic carbocycles. The van der Waals surface area contributed by atoms with Gasteiger partial charge in [-0.25, -0.2) is 4.98 Å². The number of nitrogens with zero attached hydrogens (tertiary/aromatic N) is 2. The van der Waals surface area contributed by atoms with Crippen molar-refractivity contribution in [3.8, 4) is 10.4 Å². The fourth-order valence-electron chi connectivity index (χ4n) is 2.08. The molecular formula is C16H19ClN4O2S. The van der Waals surface area contributed by atoms with E-state index < -0.39 is 0 Å². The first-order chi connectivity index (χ1) is 11.5. The van der Waals surface area contributed by atoms with E-state index in [0.29, 0.717) is 23.3 Å². The SMILES string of the molecule is CNC(=O)CN(C)CCNC(=O)c1nc(Cl)sc1-c1ccccc1. The van der Waals surface area contributed by atoms with Gasteiger partial charge in [0, 0.05) is 20.1 Å². The summed E-state index contributed by atoms with van der Waals surface area (Å²) in [4.78, 5) is 30.4. The number of hydrogen-bond donors (Lipinski definition) is 2. The van der Waals surface area contributed by atoms with Gasteiger partial charge < -0.3 is 10.6 Å². The van der Waals surface area contributed by atoms with E-state index in [1.807, 2.05) is 42.3 Å². The van der Waals surface area contributed by atoms with Crippen molar-refractivity contribution in [2.24, 2.45) is 0 Å². The van der Waals surface area contributed by atoms with Crippen molar-refractivity contribution in [3.05, 3.63) is 40.5 Å². The molecule has 128 valence electrons. The highest BCUT2D eigenvalue weighted by Crippen LogP contribution is 2.32. The second kappa shape index (κ2) is 8.77. The van der Waals surface area contributed by atoms with Crippen LogP contribution in [-0.2, 0) is 4.79 Å². The van der Waals surface area contributed by atoms with Gasteiger partial charge in [0.15, 0.2) is 4.47 Å². The number of nitrogens with one attached hydrogen (secondary N) is 2. The third-order valence-electron chi connectivity index (χ3n) is 3.32. The summed E-state index contributed by atoms with van der Waals surface area (Å²) in [5, 5.41) is 5.38. The minimum atomic E-state index is -0.273. The van der Waals surface area contributed by atoms with Gasteiger partial charge in [-0.2, -0.15) is 0 Å². The molecule has 0 aliphatic carbocycles. The smallest absolute Gasteiger partial charge is 0.271 e. The van der Waals surface area contributed by atoms with Gasteiger partial charge in [0.1, 0.15) is 5.69 Å². The first-order valence-electron chi connectivity index (χ1n) is 7.40. The molecule has 2 amide bonds. The summed E-state index contributed by atoms with van der Waals surface area (Å²) < 4.78 is 0.329. The number of hydrogen-bond acceptors (Lipinski definition) is 5. The highest BCUT2D eigenvalue weighted by molar-refractivity contribution is 7.19. The van der Waals surface area contributed by atoms with E-state index in [4.69, 9.17) is 11.6 Å². The minimum absolute atomic E-state index is 0.0681. The van der Waals surface area contributed by atoms with Gasteiger partial charge >= 0.3 is 0 Å². The molecule has 0 aliphatic rings. The third kappa shape index (κ3) is 5.02. The Hall–Kier alpha value is -1.96. The van der Waals surface area contributed by atoms with E-state index in [2.05, 4.69) is 15.6 Å². The zero-order valence-electron chi connectivity index (χ0n) is 13.5. The molecule has 1 heterocycles. The number of thiazole rings is 1. The van der Waals surface area contributed by atoms with Crippen LogP contribution >= 0.6 is 22.9 Å². The summed E-state index contributed by atoms with van der Waals surface area (Å²) in [5.74, 6) is -0.341. The van der Waals surface area contributed by atoms with Crippen LogP contribution in [0.25, 0.3) is 10.4 Å². The van der Waals surface area contributed by atoms with Gasteiger partial charge in [0.05, 0.1) is 11.4 Å². The van der Waals surface area contributed by atoms with Gasteiger partial charge in [-0.05, 0) is 12.6 Å². The van der Waals surface area contributed by atoms with E-state index in [0.717, 1.165) is 10.4 Å². The summed E-state index contributed by atoms with van der Waals surface area (Å²) >= 11 is 7.27. The first kappa shape index (κ1) is 18.4. The molecule has 0 spiro atoms. The lowest BCUT2D eigenvalue weighted by Gasteiger charge is -2.15. The van der Waals surface area contributed by atoms with Crippen LogP contribution in [0.2, 0.25) is 4.47 Å². The molecule has 0 bridgehead atoms. The average Bonchev–Trinajstić information content (AvgIpc) is 2.97. The van der Waals surface area contributed by atoms with Crippen LogP contribution in [0.4, 0.5) is 0 Å². The average molecular weight is 367 g/mol. The number of rotatable bonds is 7. The topological polar surface area (TPSA) is 74.3 Å². The zero-order valence-corrected chi connectivity index (χ0v) is 15.1. The molecule has 0 saturated carbocycles. The minimum Gasteiger partial charge on any atom is -0.358 e. The molecule has 0 aliphatic heterocycles. The number of carbonyl (C=O) groups excluding carboxylic acids is 2. The number of amides is 2. The van der Waals surface area contributed by atoms with Gasteiger partial charge in [-0.3, -0.25) is 14.5 Å². The molecule has 8 heteroatoms. The van der Waals surface area contributed by atoms with Crippen molar-refractivity contribution < 1.29 is 9.59 Å². The quantitative estimate of drug-likeness (QED) is 0.784. The molecule has 0 atom stereocenters. The summed E-state index contributed by atoms with van der Waals surface area (Å²) in [6, 6.07) is 9.54. The maximum Gasteiger partial charge on any atom is 0.271 e. The second-order valence-corrected chi connectivity index (χ2v) is 6.76. The predicted octanol–water partition coefficient (Wildman–Crippen LogP) is 1.87.